The van der Waals surface area contributed by atoms with E-state index in [1.54, 1.807) is 7.05 Å². The predicted molar refractivity (Wildman–Crippen MR) is 55.1 cm³/mol. The normalized spacial score (nSPS) is 24.9. The summed E-state index contributed by atoms with van der Waals surface area (Å²) in [4.78, 5) is 13.1. The monoisotopic (exact) mass is 239 g/mol. The molecule has 0 spiro atoms. The van der Waals surface area contributed by atoms with Crippen molar-refractivity contribution in [2.75, 3.05) is 31.0 Å². The third-order valence-electron chi connectivity index (χ3n) is 2.38. The Bertz CT molecular complexity index is 315. The Morgan fingerprint density at radius 2 is 2.21 bits per heavy atom. The van der Waals surface area contributed by atoms with Crippen molar-refractivity contribution in [1.82, 2.24) is 4.90 Å². The fourth-order valence-corrected chi connectivity index (χ4v) is 3.52. The second-order valence-corrected chi connectivity index (χ2v) is 6.16. The fraction of sp³-hybridized carbons (Fsp3) is 0.875. The molecule has 1 aliphatic heterocycles. The SMILES string of the molecule is CN(CCCl)C(=O)C1CCS(=O)(=O)C1. The van der Waals surface area contributed by atoms with Crippen LogP contribution in [0.4, 0.5) is 0 Å². The third kappa shape index (κ3) is 2.85. The Labute approximate surface area is 89.1 Å². The van der Waals surface area contributed by atoms with E-state index in [1.807, 2.05) is 0 Å². The molecule has 14 heavy (non-hydrogen) atoms. The fourth-order valence-electron chi connectivity index (χ4n) is 1.54. The van der Waals surface area contributed by atoms with Crippen LogP contribution in [0.15, 0.2) is 0 Å². The zero-order chi connectivity index (χ0) is 10.8. The number of carbonyl (C=O) groups is 1. The molecule has 0 aromatic rings. The summed E-state index contributed by atoms with van der Waals surface area (Å²) in [5, 5.41) is 0. The average Bonchev–Trinajstić information content (AvgIpc) is 2.45. The summed E-state index contributed by atoms with van der Waals surface area (Å²) >= 11 is 5.49. The zero-order valence-corrected chi connectivity index (χ0v) is 9.64. The van der Waals surface area contributed by atoms with Crippen molar-refractivity contribution in [3.8, 4) is 0 Å². The van der Waals surface area contributed by atoms with E-state index in [2.05, 4.69) is 0 Å². The summed E-state index contributed by atoms with van der Waals surface area (Å²) in [6.45, 7) is 0.469. The molecule has 4 nitrogen and oxygen atoms in total. The maximum absolute atomic E-state index is 11.6. The van der Waals surface area contributed by atoms with Gasteiger partial charge < -0.3 is 4.90 Å². The largest absolute Gasteiger partial charge is 0.344 e. The topological polar surface area (TPSA) is 54.5 Å². The summed E-state index contributed by atoms with van der Waals surface area (Å²) in [5.74, 6) is 0.0538. The van der Waals surface area contributed by atoms with Crippen molar-refractivity contribution < 1.29 is 13.2 Å². The predicted octanol–water partition coefficient (Wildman–Crippen LogP) is 0.118. The molecule has 0 aromatic carbocycles. The molecule has 1 aliphatic rings. The van der Waals surface area contributed by atoms with Gasteiger partial charge in [-0.2, -0.15) is 0 Å². The highest BCUT2D eigenvalue weighted by Gasteiger charge is 2.34. The van der Waals surface area contributed by atoms with Crippen LogP contribution in [-0.2, 0) is 14.6 Å². The molecule has 0 radical (unpaired) electrons. The number of alkyl halides is 1. The van der Waals surface area contributed by atoms with Crippen molar-refractivity contribution in [1.29, 1.82) is 0 Å². The molecule has 0 aliphatic carbocycles. The lowest BCUT2D eigenvalue weighted by Gasteiger charge is -2.18. The summed E-state index contributed by atoms with van der Waals surface area (Å²) in [5.41, 5.74) is 0. The molecule has 1 fully saturated rings. The van der Waals surface area contributed by atoms with Gasteiger partial charge in [-0.15, -0.1) is 11.6 Å². The minimum atomic E-state index is -2.97. The van der Waals surface area contributed by atoms with Crippen LogP contribution < -0.4 is 0 Å². The van der Waals surface area contributed by atoms with E-state index in [4.69, 9.17) is 11.6 Å². The van der Waals surface area contributed by atoms with E-state index >= 15 is 0 Å². The Hall–Kier alpha value is -0.290. The molecular formula is C8H14ClNO3S. The van der Waals surface area contributed by atoms with Crippen LogP contribution in [0.1, 0.15) is 6.42 Å². The maximum Gasteiger partial charge on any atom is 0.226 e. The van der Waals surface area contributed by atoms with Crippen molar-refractivity contribution in [3.05, 3.63) is 0 Å². The van der Waals surface area contributed by atoms with Gasteiger partial charge in [0.25, 0.3) is 0 Å². The van der Waals surface area contributed by atoms with Crippen LogP contribution in [-0.4, -0.2) is 50.2 Å². The standard InChI is InChI=1S/C8H14ClNO3S/c1-10(4-3-9)8(11)7-2-5-14(12,13)6-7/h7H,2-6H2,1H3. The average molecular weight is 240 g/mol. The summed E-state index contributed by atoms with van der Waals surface area (Å²) in [6.07, 6.45) is 0.452. The lowest BCUT2D eigenvalue weighted by atomic mass is 10.1. The zero-order valence-electron chi connectivity index (χ0n) is 8.07. The van der Waals surface area contributed by atoms with Crippen molar-refractivity contribution in [2.45, 2.75) is 6.42 Å². The van der Waals surface area contributed by atoms with Gasteiger partial charge in [0.2, 0.25) is 5.91 Å². The maximum atomic E-state index is 11.6. The molecule has 0 bridgehead atoms. The smallest absolute Gasteiger partial charge is 0.226 e. The van der Waals surface area contributed by atoms with Crippen molar-refractivity contribution >= 4 is 27.3 Å². The summed E-state index contributed by atoms with van der Waals surface area (Å²) in [6, 6.07) is 0. The van der Waals surface area contributed by atoms with Gasteiger partial charge in [-0.1, -0.05) is 0 Å². The first-order valence-electron chi connectivity index (χ1n) is 4.47. The quantitative estimate of drug-likeness (QED) is 0.658. The number of halogens is 1. The van der Waals surface area contributed by atoms with Crippen molar-refractivity contribution in [2.24, 2.45) is 5.92 Å². The highest BCUT2D eigenvalue weighted by molar-refractivity contribution is 7.91. The van der Waals surface area contributed by atoms with Gasteiger partial charge in [0.1, 0.15) is 0 Å². The van der Waals surface area contributed by atoms with Crippen LogP contribution in [0.3, 0.4) is 0 Å². The first-order valence-corrected chi connectivity index (χ1v) is 6.83. The van der Waals surface area contributed by atoms with E-state index in [0.29, 0.717) is 18.8 Å². The van der Waals surface area contributed by atoms with Gasteiger partial charge in [0.15, 0.2) is 9.84 Å². The molecule has 1 atom stereocenters. The molecule has 6 heteroatoms. The van der Waals surface area contributed by atoms with Crippen LogP contribution in [0.25, 0.3) is 0 Å². The number of hydrogen-bond donors (Lipinski definition) is 0. The minimum Gasteiger partial charge on any atom is -0.344 e. The Balaban J connectivity index is 2.55. The van der Waals surface area contributed by atoms with Crippen LogP contribution >= 0.6 is 11.6 Å². The third-order valence-corrected chi connectivity index (χ3v) is 4.31. The van der Waals surface area contributed by atoms with E-state index < -0.39 is 9.84 Å². The molecule has 1 rings (SSSR count). The number of sulfone groups is 1. The summed E-state index contributed by atoms with van der Waals surface area (Å²) in [7, 11) is -1.32. The van der Waals surface area contributed by atoms with Gasteiger partial charge in [-0.25, -0.2) is 8.42 Å². The van der Waals surface area contributed by atoms with Gasteiger partial charge in [-0.3, -0.25) is 4.79 Å². The van der Waals surface area contributed by atoms with Gasteiger partial charge in [0.05, 0.1) is 17.4 Å². The lowest BCUT2D eigenvalue weighted by Crippen LogP contribution is -2.34. The van der Waals surface area contributed by atoms with E-state index in [1.165, 1.54) is 4.90 Å². The van der Waals surface area contributed by atoms with Gasteiger partial charge in [0, 0.05) is 19.5 Å². The van der Waals surface area contributed by atoms with Crippen LogP contribution in [0.5, 0.6) is 0 Å². The van der Waals surface area contributed by atoms with E-state index in [-0.39, 0.29) is 23.3 Å². The number of rotatable bonds is 3. The number of carbonyl (C=O) groups excluding carboxylic acids is 1. The second kappa shape index (κ2) is 4.49. The Kier molecular flexibility index (Phi) is 3.78. The molecular weight excluding hydrogens is 226 g/mol. The minimum absolute atomic E-state index is 0.00153. The molecule has 1 saturated heterocycles. The number of hydrogen-bond acceptors (Lipinski definition) is 3. The molecule has 0 aromatic heterocycles. The highest BCUT2D eigenvalue weighted by atomic mass is 35.5. The molecule has 1 amide bonds. The van der Waals surface area contributed by atoms with E-state index in [9.17, 15) is 13.2 Å². The Morgan fingerprint density at radius 1 is 1.57 bits per heavy atom. The second-order valence-electron chi connectivity index (χ2n) is 3.55. The van der Waals surface area contributed by atoms with Gasteiger partial charge in [-0.05, 0) is 6.42 Å². The molecule has 0 saturated carbocycles. The number of nitrogens with zero attached hydrogens (tertiary/aromatic N) is 1. The molecule has 1 unspecified atom stereocenters. The van der Waals surface area contributed by atoms with Crippen LogP contribution in [0.2, 0.25) is 0 Å². The Morgan fingerprint density at radius 3 is 2.64 bits per heavy atom. The molecule has 82 valence electrons. The molecule has 0 N–H and O–H groups in total. The molecule has 1 heterocycles. The van der Waals surface area contributed by atoms with E-state index in [0.717, 1.165) is 0 Å². The number of amides is 1. The lowest BCUT2D eigenvalue weighted by molar-refractivity contribution is -0.133. The first kappa shape index (κ1) is 11.8. The van der Waals surface area contributed by atoms with Gasteiger partial charge >= 0.3 is 0 Å². The first-order chi connectivity index (χ1) is 6.46. The summed E-state index contributed by atoms with van der Waals surface area (Å²) < 4.78 is 22.3. The van der Waals surface area contributed by atoms with Crippen molar-refractivity contribution in [3.63, 3.8) is 0 Å². The highest BCUT2D eigenvalue weighted by Crippen LogP contribution is 2.20. The van der Waals surface area contributed by atoms with Crippen LogP contribution in [0, 0.1) is 5.92 Å².